The first kappa shape index (κ1) is 21.1. The first-order valence-electron chi connectivity index (χ1n) is 9.43. The van der Waals surface area contributed by atoms with Crippen molar-refractivity contribution in [2.75, 3.05) is 32.3 Å². The molecule has 1 aliphatic rings. The van der Waals surface area contributed by atoms with Gasteiger partial charge in [-0.25, -0.2) is 0 Å². The molecule has 2 unspecified atom stereocenters. The quantitative estimate of drug-likeness (QED) is 0.424. The largest absolute Gasteiger partial charge is 0.480 e. The highest BCUT2D eigenvalue weighted by atomic mass is 31.2. The fraction of sp³-hybridized carbons (Fsp3) is 0.632. The molecule has 0 aromatic heterocycles. The molecule has 0 aliphatic carbocycles. The highest BCUT2D eigenvalue weighted by molar-refractivity contribution is 7.61. The van der Waals surface area contributed by atoms with Crippen molar-refractivity contribution < 1.29 is 19.4 Å². The molecule has 0 bridgehead atoms. The predicted molar refractivity (Wildman–Crippen MR) is 104 cm³/mol. The molecule has 1 heterocycles. The maximum atomic E-state index is 12.7. The van der Waals surface area contributed by atoms with Gasteiger partial charge >= 0.3 is 5.97 Å². The third-order valence-electron chi connectivity index (χ3n) is 5.35. The lowest BCUT2D eigenvalue weighted by atomic mass is 9.99. The molecule has 6 nitrogen and oxygen atoms in total. The van der Waals surface area contributed by atoms with Gasteiger partial charge < -0.3 is 20.6 Å². The second kappa shape index (κ2) is 9.65. The molecule has 2 atom stereocenters. The van der Waals surface area contributed by atoms with Crippen molar-refractivity contribution in [2.24, 2.45) is 5.73 Å². The summed E-state index contributed by atoms with van der Waals surface area (Å²) < 4.78 is 12.7. The van der Waals surface area contributed by atoms with E-state index in [1.807, 2.05) is 23.1 Å². The summed E-state index contributed by atoms with van der Waals surface area (Å²) in [6.07, 6.45) is 4.47. The van der Waals surface area contributed by atoms with Crippen molar-refractivity contribution in [1.29, 1.82) is 0 Å². The molecule has 4 N–H and O–H groups in total. The summed E-state index contributed by atoms with van der Waals surface area (Å²) in [5.74, 6) is -1.14. The number of benzene rings is 1. The Bertz CT molecular complexity index is 625. The fourth-order valence-electron chi connectivity index (χ4n) is 3.69. The zero-order valence-corrected chi connectivity index (χ0v) is 16.2. The Labute approximate surface area is 155 Å². The van der Waals surface area contributed by atoms with Crippen LogP contribution in [-0.2, 0) is 15.8 Å². The van der Waals surface area contributed by atoms with E-state index in [4.69, 9.17) is 5.73 Å². The number of hydrogen-bond donors (Lipinski definition) is 3. The third kappa shape index (κ3) is 5.17. The maximum Gasteiger partial charge on any atom is 0.320 e. The smallest absolute Gasteiger partial charge is 0.320 e. The van der Waals surface area contributed by atoms with Crippen LogP contribution in [0.1, 0.15) is 37.7 Å². The molecular formula is C19H31N2O4P. The number of unbranched alkanes of at least 4 members (excludes halogenated alkanes) is 2. The predicted octanol–water partition coefficient (Wildman–Crippen LogP) is 2.55. The van der Waals surface area contributed by atoms with Crippen LogP contribution in [-0.4, -0.2) is 58.4 Å². The molecule has 1 saturated heterocycles. The molecule has 1 aromatic rings. The lowest BCUT2D eigenvalue weighted by Gasteiger charge is -2.43. The van der Waals surface area contributed by atoms with Crippen LogP contribution in [0.15, 0.2) is 30.3 Å². The van der Waals surface area contributed by atoms with Crippen molar-refractivity contribution >= 4 is 13.3 Å². The van der Waals surface area contributed by atoms with E-state index >= 15 is 0 Å². The highest BCUT2D eigenvalue weighted by Gasteiger charge is 2.56. The Morgan fingerprint density at radius 2 is 1.92 bits per heavy atom. The Kier molecular flexibility index (Phi) is 7.84. The summed E-state index contributed by atoms with van der Waals surface area (Å²) in [7, 11) is -3.73. The number of nitrogens with zero attached hydrogens (tertiary/aromatic N) is 1. The number of aryl methyl sites for hydroxylation is 1. The molecule has 0 radical (unpaired) electrons. The number of carbonyl (C=O) groups is 1. The molecule has 26 heavy (non-hydrogen) atoms. The van der Waals surface area contributed by atoms with Gasteiger partial charge in [-0.15, -0.1) is 0 Å². The van der Waals surface area contributed by atoms with Crippen LogP contribution in [0.2, 0.25) is 0 Å². The summed E-state index contributed by atoms with van der Waals surface area (Å²) in [5, 5.41) is 8.23. The highest BCUT2D eigenvalue weighted by Crippen LogP contribution is 2.59. The molecule has 7 heteroatoms. The van der Waals surface area contributed by atoms with E-state index in [0.29, 0.717) is 25.9 Å². The molecule has 0 saturated carbocycles. The summed E-state index contributed by atoms with van der Waals surface area (Å²) in [4.78, 5) is 24.4. The molecule has 0 amide bonds. The van der Waals surface area contributed by atoms with Gasteiger partial charge in [0.1, 0.15) is 0 Å². The minimum Gasteiger partial charge on any atom is -0.480 e. The lowest BCUT2D eigenvalue weighted by Crippen LogP contribution is -2.54. The molecule has 2 rings (SSSR count). The van der Waals surface area contributed by atoms with Gasteiger partial charge in [0, 0.05) is 19.3 Å². The molecule has 1 aromatic carbocycles. The molecule has 146 valence electrons. The second-order valence-electron chi connectivity index (χ2n) is 7.23. The molecule has 0 spiro atoms. The summed E-state index contributed by atoms with van der Waals surface area (Å²) >= 11 is 0. The van der Waals surface area contributed by atoms with Crippen LogP contribution in [0.4, 0.5) is 0 Å². The van der Waals surface area contributed by atoms with Crippen LogP contribution in [0.5, 0.6) is 0 Å². The van der Waals surface area contributed by atoms with Crippen LogP contribution in [0.25, 0.3) is 0 Å². The van der Waals surface area contributed by atoms with E-state index in [9.17, 15) is 19.4 Å². The standard InChI is InChI=1S/C19H31N2O4P/c20-12-6-5-11-19(18(22)23)16-21(14-15-26(19,24)25)13-7-4-10-17-8-2-1-3-9-17/h1-3,8-9H,4-7,10-16,20H2,(H,22,23)(H,24,25). The van der Waals surface area contributed by atoms with Crippen molar-refractivity contribution in [1.82, 2.24) is 4.90 Å². The zero-order chi connectivity index (χ0) is 19.0. The second-order valence-corrected chi connectivity index (χ2v) is 9.93. The number of hydrogen-bond acceptors (Lipinski definition) is 4. The lowest BCUT2D eigenvalue weighted by molar-refractivity contribution is -0.141. The van der Waals surface area contributed by atoms with Gasteiger partial charge in [-0.05, 0) is 50.8 Å². The van der Waals surface area contributed by atoms with Crippen molar-refractivity contribution in [3.05, 3.63) is 35.9 Å². The number of carboxylic acids is 1. The average Bonchev–Trinajstić information content (AvgIpc) is 2.62. The van der Waals surface area contributed by atoms with Crippen LogP contribution < -0.4 is 5.73 Å². The van der Waals surface area contributed by atoms with E-state index in [0.717, 1.165) is 25.8 Å². The minimum atomic E-state index is -3.73. The van der Waals surface area contributed by atoms with Gasteiger partial charge in [0.25, 0.3) is 0 Å². The van der Waals surface area contributed by atoms with E-state index in [1.54, 1.807) is 0 Å². The topological polar surface area (TPSA) is 104 Å². The van der Waals surface area contributed by atoms with Gasteiger partial charge in [0.15, 0.2) is 5.16 Å². The summed E-state index contributed by atoms with van der Waals surface area (Å²) in [6.45, 7) is 1.88. The zero-order valence-electron chi connectivity index (χ0n) is 15.3. The van der Waals surface area contributed by atoms with Crippen molar-refractivity contribution in [2.45, 2.75) is 43.7 Å². The Balaban J connectivity index is 1.92. The third-order valence-corrected chi connectivity index (χ3v) is 8.05. The van der Waals surface area contributed by atoms with Crippen LogP contribution >= 0.6 is 7.37 Å². The number of nitrogens with two attached hydrogens (primary N) is 1. The van der Waals surface area contributed by atoms with Gasteiger partial charge in [-0.1, -0.05) is 36.8 Å². The van der Waals surface area contributed by atoms with E-state index in [-0.39, 0.29) is 19.1 Å². The first-order valence-corrected chi connectivity index (χ1v) is 11.3. The monoisotopic (exact) mass is 382 g/mol. The van der Waals surface area contributed by atoms with Gasteiger partial charge in [-0.2, -0.15) is 0 Å². The van der Waals surface area contributed by atoms with Crippen LogP contribution in [0.3, 0.4) is 0 Å². The average molecular weight is 382 g/mol. The van der Waals surface area contributed by atoms with Crippen molar-refractivity contribution in [3.63, 3.8) is 0 Å². The van der Waals surface area contributed by atoms with Gasteiger partial charge in [0.05, 0.1) is 0 Å². The summed E-state index contributed by atoms with van der Waals surface area (Å²) in [5.41, 5.74) is 6.80. The summed E-state index contributed by atoms with van der Waals surface area (Å²) in [6, 6.07) is 10.3. The molecule has 1 aliphatic heterocycles. The van der Waals surface area contributed by atoms with E-state index < -0.39 is 18.5 Å². The molecular weight excluding hydrogens is 351 g/mol. The Morgan fingerprint density at radius 1 is 1.19 bits per heavy atom. The first-order chi connectivity index (χ1) is 12.4. The van der Waals surface area contributed by atoms with Crippen molar-refractivity contribution in [3.8, 4) is 0 Å². The van der Waals surface area contributed by atoms with Gasteiger partial charge in [-0.3, -0.25) is 9.36 Å². The SMILES string of the molecule is NCCCCC1(C(=O)O)CN(CCCCc2ccccc2)CCP1(=O)O. The number of aliphatic carboxylic acids is 1. The normalized spacial score (nSPS) is 26.7. The minimum absolute atomic E-state index is 0.0562. The number of rotatable bonds is 10. The number of carboxylic acid groups (broad SMARTS) is 1. The Hall–Kier alpha value is -1.20. The fourth-order valence-corrected chi connectivity index (χ4v) is 5.90. The van der Waals surface area contributed by atoms with Crippen LogP contribution in [0, 0.1) is 0 Å². The maximum absolute atomic E-state index is 12.7. The Morgan fingerprint density at radius 3 is 2.58 bits per heavy atom. The molecule has 1 fully saturated rings. The van der Waals surface area contributed by atoms with E-state index in [2.05, 4.69) is 12.1 Å². The van der Waals surface area contributed by atoms with E-state index in [1.165, 1.54) is 5.56 Å². The van der Waals surface area contributed by atoms with Gasteiger partial charge in [0.2, 0.25) is 7.37 Å².